The quantitative estimate of drug-likeness (QED) is 0.0240. The summed E-state index contributed by atoms with van der Waals surface area (Å²) in [6, 6.07) is 35.0. The first-order valence-corrected chi connectivity index (χ1v) is 37.7. The van der Waals surface area contributed by atoms with E-state index in [1.165, 1.54) is 58.2 Å². The Bertz CT molecular complexity index is 4670. The van der Waals surface area contributed by atoms with Crippen molar-refractivity contribution in [1.82, 2.24) is 39.9 Å². The van der Waals surface area contributed by atoms with Crippen LogP contribution in [0, 0.1) is 87.8 Å². The number of rotatable bonds is 26. The lowest BCUT2D eigenvalue weighted by molar-refractivity contribution is -0.0512. The molecule has 8 atom stereocenters. The maximum atomic E-state index is 9.95. The highest BCUT2D eigenvalue weighted by atomic mass is 35.5. The minimum Gasteiger partial charge on any atom is -0.496 e. The number of aliphatic hydroxyl groups is 4. The van der Waals surface area contributed by atoms with Crippen LogP contribution < -0.4 is 47.3 Å². The van der Waals surface area contributed by atoms with Crippen LogP contribution in [0.5, 0.6) is 5.75 Å². The molecule has 4 fully saturated rings. The number of ether oxygens (including phenoxy) is 1. The Morgan fingerprint density at radius 1 is 0.450 bits per heavy atom. The molecule has 0 radical (unpaired) electrons. The first-order chi connectivity index (χ1) is 51.9. The Morgan fingerprint density at radius 2 is 0.807 bits per heavy atom. The molecule has 0 aliphatic heterocycles. The van der Waals surface area contributed by atoms with Crippen molar-refractivity contribution in [3.05, 3.63) is 180 Å². The normalized spacial score (nSPS) is 20.3. The van der Waals surface area contributed by atoms with Gasteiger partial charge in [0.05, 0.1) is 56.3 Å². The van der Waals surface area contributed by atoms with Crippen LogP contribution in [-0.2, 0) is 32.1 Å². The van der Waals surface area contributed by atoms with E-state index < -0.39 is 0 Å². The van der Waals surface area contributed by atoms with Crippen LogP contribution in [0.25, 0.3) is 0 Å². The van der Waals surface area contributed by atoms with Gasteiger partial charge in [-0.15, -0.1) is 0 Å². The van der Waals surface area contributed by atoms with Crippen molar-refractivity contribution in [2.24, 2.45) is 21.7 Å². The van der Waals surface area contributed by atoms with E-state index in [-0.39, 0.29) is 75.9 Å². The van der Waals surface area contributed by atoms with Crippen LogP contribution in [0.15, 0.2) is 104 Å². The Hall–Kier alpha value is -10.2. The van der Waals surface area contributed by atoms with Gasteiger partial charge in [-0.2, -0.15) is 41.0 Å². The monoisotopic (exact) mass is 1520 g/mol. The van der Waals surface area contributed by atoms with Gasteiger partial charge in [0.15, 0.2) is 0 Å². The number of nitrogens with zero attached hydrogens (tertiary/aromatic N) is 12. The number of aryl methyl sites for hydroxylation is 3. The first kappa shape index (κ1) is 82.8. The minimum absolute atomic E-state index is 0. The third-order valence-corrected chi connectivity index (χ3v) is 22.7. The fourth-order valence-corrected chi connectivity index (χ4v) is 13.6. The predicted molar refractivity (Wildman–Crippen MR) is 437 cm³/mol. The second-order valence-corrected chi connectivity index (χ2v) is 31.4. The van der Waals surface area contributed by atoms with E-state index >= 15 is 0 Å². The molecule has 25 nitrogen and oxygen atoms in total. The van der Waals surface area contributed by atoms with Gasteiger partial charge in [0.2, 0.25) is 23.8 Å². The third kappa shape index (κ3) is 20.6. The molecule has 4 saturated carbocycles. The van der Waals surface area contributed by atoms with Crippen LogP contribution in [0.1, 0.15) is 160 Å². The van der Waals surface area contributed by atoms with Crippen LogP contribution >= 0.6 is 23.2 Å². The van der Waals surface area contributed by atoms with Gasteiger partial charge >= 0.3 is 0 Å². The van der Waals surface area contributed by atoms with Gasteiger partial charge in [0, 0.05) is 87.8 Å². The van der Waals surface area contributed by atoms with Crippen molar-refractivity contribution in [2.75, 3.05) is 75.8 Å². The molecule has 4 aromatic carbocycles. The van der Waals surface area contributed by atoms with Crippen molar-refractivity contribution in [3.8, 4) is 30.0 Å². The van der Waals surface area contributed by atoms with Crippen molar-refractivity contribution in [1.29, 1.82) is 21.0 Å². The van der Waals surface area contributed by atoms with Gasteiger partial charge in [-0.3, -0.25) is 0 Å². The number of aromatic nitrogens is 8. The maximum Gasteiger partial charge on any atom is 0.224 e. The Labute approximate surface area is 656 Å². The van der Waals surface area contributed by atoms with Crippen molar-refractivity contribution in [2.45, 2.75) is 189 Å². The zero-order chi connectivity index (χ0) is 79.0. The maximum absolute atomic E-state index is 9.95. The van der Waals surface area contributed by atoms with Crippen LogP contribution in [0.3, 0.4) is 0 Å². The summed E-state index contributed by atoms with van der Waals surface area (Å²) in [5.74, 6) is 4.86. The lowest BCUT2D eigenvalue weighted by atomic mass is 9.64. The molecule has 0 saturated heterocycles. The van der Waals surface area contributed by atoms with Gasteiger partial charge in [-0.25, -0.2) is 19.9 Å². The van der Waals surface area contributed by atoms with E-state index in [9.17, 15) is 41.5 Å². The molecule has 4 aliphatic carbocycles. The molecule has 8 aromatic rings. The molecular formula is C82H110Cl2N20O5. The number of aliphatic hydroxyl groups excluding tert-OH is 4. The first-order valence-electron chi connectivity index (χ1n) is 37.0. The number of methoxy groups -OCH3 is 1. The van der Waals surface area contributed by atoms with E-state index in [1.807, 2.05) is 124 Å². The summed E-state index contributed by atoms with van der Waals surface area (Å²) in [7, 11) is 1.69. The largest absolute Gasteiger partial charge is 0.496 e. The van der Waals surface area contributed by atoms with Gasteiger partial charge < -0.3 is 67.7 Å². The molecule has 0 amide bonds. The lowest BCUT2D eigenvalue weighted by Gasteiger charge is -2.49. The average molecular weight is 1530 g/mol. The van der Waals surface area contributed by atoms with E-state index in [2.05, 4.69) is 145 Å². The SMILES string of the molecule is CCc1c(CCNc2ncc(C#N)c(N[C@@H]3C[C@H](O)C3(C)C)n2)cccc1OC.Cc1cc(CCNc2ncc(C#N)c(N[C@@H]3C[C@H](O)C3(C)C)n2)ccc1Cl.Cc1cc(Cl)ccc1CCNc1ncc(C#N)c(N[C@@H]2C[C@H](O)C2(C)C)n1.Cc1ccccc1CCNc1ncc(C#N)c(N[C@@H]2C[C@H](O)C2(C)C)n1.[HH].[HH].[HH].[HH]. The standard InChI is InChI=1S/C22H29N5O2.2C20H24ClN5O.C20H25N5O.4H2/c1-5-16-14(7-6-8-17(16)29-4)9-10-24-21-25-13-15(12-23)20(27-21)26-18-11-19(28)22(18,2)3;1-12-8-15(21)5-4-13(12)6-7-23-19-24-11-14(10-22)18(26-19)25-16-9-17(27)20(16,2)3;1-12-8-13(4-5-15(12)21)6-7-23-19-24-11-14(10-22)18(26-19)25-16-9-17(27)20(16,2)3;1-13-6-4-5-7-14(13)8-9-22-19-23-12-15(11-21)18(25-19)24-16-10-17(26)20(16,2)3;;;;/h6-8,13,18-19,28H,5,9-11H2,1-4H3,(H2,24,25,26,27);2*4-5,8,11,16-17,27H,6-7,9H2,1-3H3,(H2,23,24,25,26);4-7,12,16-17,26H,8-10H2,1-3H3,(H2,22,23,24,25);4*1H/t18-,19+;3*16-,17+;;;;/m1111..../s1. The summed E-state index contributed by atoms with van der Waals surface area (Å²) in [5.41, 5.74) is 10.2. The third-order valence-electron chi connectivity index (χ3n) is 22.1. The molecule has 4 aliphatic rings. The molecule has 0 bridgehead atoms. The fraction of sp³-hybridized carbons (Fsp3) is 0.463. The highest BCUT2D eigenvalue weighted by Gasteiger charge is 2.50. The highest BCUT2D eigenvalue weighted by Crippen LogP contribution is 2.46. The number of hydrogen-bond acceptors (Lipinski definition) is 25. The van der Waals surface area contributed by atoms with Crippen LogP contribution in [0.4, 0.5) is 47.1 Å². The molecular weight excluding hydrogens is 1420 g/mol. The second kappa shape index (κ2) is 36.8. The molecule has 4 heterocycles. The molecule has 109 heavy (non-hydrogen) atoms. The summed E-state index contributed by atoms with van der Waals surface area (Å²) in [4.78, 5) is 34.8. The summed E-state index contributed by atoms with van der Waals surface area (Å²) in [6.45, 7) is 27.0. The van der Waals surface area contributed by atoms with Gasteiger partial charge in [0.25, 0.3) is 0 Å². The fourth-order valence-electron chi connectivity index (χ4n) is 13.3. The molecule has 12 rings (SSSR count). The topological polar surface area (TPSA) is 385 Å². The van der Waals surface area contributed by atoms with E-state index in [4.69, 9.17) is 27.9 Å². The number of anilines is 8. The van der Waals surface area contributed by atoms with E-state index in [0.717, 1.165) is 59.0 Å². The summed E-state index contributed by atoms with van der Waals surface area (Å²) < 4.78 is 5.46. The zero-order valence-corrected chi connectivity index (χ0v) is 66.0. The van der Waals surface area contributed by atoms with E-state index in [1.54, 1.807) is 7.11 Å². The minimum atomic E-state index is -0.347. The number of nitriles is 4. The van der Waals surface area contributed by atoms with Crippen LogP contribution in [-0.4, -0.2) is 142 Å². The molecule has 12 N–H and O–H groups in total. The summed E-state index contributed by atoms with van der Waals surface area (Å²) in [5, 5.41) is 105. The predicted octanol–water partition coefficient (Wildman–Crippen LogP) is 14.1. The van der Waals surface area contributed by atoms with Crippen molar-refractivity contribution in [3.63, 3.8) is 0 Å². The number of halogens is 2. The number of benzene rings is 4. The van der Waals surface area contributed by atoms with Crippen molar-refractivity contribution < 1.29 is 30.9 Å². The number of hydrogen-bond donors (Lipinski definition) is 12. The summed E-state index contributed by atoms with van der Waals surface area (Å²) >= 11 is 12.1. The van der Waals surface area contributed by atoms with Gasteiger partial charge in [-0.05, 0) is 147 Å². The highest BCUT2D eigenvalue weighted by molar-refractivity contribution is 6.31. The van der Waals surface area contributed by atoms with Gasteiger partial charge in [0.1, 0.15) is 75.6 Å². The molecule has 4 aromatic heterocycles. The Balaban J connectivity index is 0.000000266. The zero-order valence-electron chi connectivity index (χ0n) is 64.4. The Morgan fingerprint density at radius 3 is 1.14 bits per heavy atom. The smallest absolute Gasteiger partial charge is 0.224 e. The van der Waals surface area contributed by atoms with Crippen molar-refractivity contribution >= 4 is 70.3 Å². The Kier molecular flexibility index (Phi) is 28.0. The average Bonchev–Trinajstić information content (AvgIpc) is 0.783. The van der Waals surface area contributed by atoms with E-state index in [0.29, 0.717) is 121 Å². The molecule has 27 heteroatoms. The second-order valence-electron chi connectivity index (χ2n) is 30.6. The van der Waals surface area contributed by atoms with Crippen LogP contribution in [0.2, 0.25) is 10.0 Å². The number of nitrogens with one attached hydrogen (secondary N) is 8. The molecule has 0 unspecified atom stereocenters. The lowest BCUT2D eigenvalue weighted by Crippen LogP contribution is -2.57. The summed E-state index contributed by atoms with van der Waals surface area (Å²) in [6.07, 6.45) is 11.5. The molecule has 582 valence electrons. The molecule has 0 spiro atoms. The van der Waals surface area contributed by atoms with Gasteiger partial charge in [-0.1, -0.05) is 140 Å².